The van der Waals surface area contributed by atoms with E-state index < -0.39 is 38.7 Å². The van der Waals surface area contributed by atoms with Crippen LogP contribution >= 0.6 is 0 Å². The fraction of sp³-hybridized carbons (Fsp3) is 0.556. The first-order chi connectivity index (χ1) is 7.55. The summed E-state index contributed by atoms with van der Waals surface area (Å²) in [5.41, 5.74) is -1.62. The molecule has 6 nitrogen and oxygen atoms in total. The van der Waals surface area contributed by atoms with Gasteiger partial charge in [0.05, 0.1) is 5.41 Å². The molecular weight excluding hydrogens is 255 g/mol. The maximum Gasteiger partial charge on any atom is 0.331 e. The van der Waals surface area contributed by atoms with E-state index in [1.165, 1.54) is 6.92 Å². The molecule has 0 fully saturated rings. The minimum atomic E-state index is -5.44. The molecule has 0 amide bonds. The van der Waals surface area contributed by atoms with E-state index in [0.29, 0.717) is 6.08 Å². The molecule has 1 aliphatic rings. The first-order valence-electron chi connectivity index (χ1n) is 4.64. The van der Waals surface area contributed by atoms with E-state index in [2.05, 4.69) is 0 Å². The van der Waals surface area contributed by atoms with Crippen molar-refractivity contribution in [2.45, 2.75) is 24.5 Å². The van der Waals surface area contributed by atoms with E-state index >= 15 is 0 Å². The summed E-state index contributed by atoms with van der Waals surface area (Å²) in [6.45, 7) is 1.18. The lowest BCUT2D eigenvalue weighted by atomic mass is 9.74. The molecule has 2 N–H and O–H groups in total. The summed E-state index contributed by atoms with van der Waals surface area (Å²) in [7, 11) is -5.44. The van der Waals surface area contributed by atoms with Crippen LogP contribution in [0.3, 0.4) is 0 Å². The molecular formula is C9H11FO6S. The summed E-state index contributed by atoms with van der Waals surface area (Å²) in [6.07, 6.45) is 0.894. The summed E-state index contributed by atoms with van der Waals surface area (Å²) in [5.74, 6) is -3.28. The van der Waals surface area contributed by atoms with Crippen molar-refractivity contribution in [3.05, 3.63) is 12.2 Å². The third kappa shape index (κ3) is 2.04. The van der Waals surface area contributed by atoms with Gasteiger partial charge in [0.15, 0.2) is 0 Å². The van der Waals surface area contributed by atoms with Gasteiger partial charge in [0, 0.05) is 6.42 Å². The van der Waals surface area contributed by atoms with Crippen LogP contribution < -0.4 is 0 Å². The average Bonchev–Trinajstić information content (AvgIpc) is 2.15. The summed E-state index contributed by atoms with van der Waals surface area (Å²) in [4.78, 5) is 21.9. The highest BCUT2D eigenvalue weighted by atomic mass is 32.3. The topological polar surface area (TPSA) is 109 Å². The first kappa shape index (κ1) is 13.6. The van der Waals surface area contributed by atoms with Crippen molar-refractivity contribution >= 4 is 22.2 Å². The van der Waals surface area contributed by atoms with Crippen LogP contribution in [0.4, 0.5) is 3.89 Å². The van der Waals surface area contributed by atoms with Gasteiger partial charge in [0.1, 0.15) is 0 Å². The second kappa shape index (κ2) is 3.80. The molecule has 0 aromatic heterocycles. The van der Waals surface area contributed by atoms with Crippen LogP contribution in [0, 0.1) is 5.41 Å². The number of hydrogen-bond donors (Lipinski definition) is 2. The quantitative estimate of drug-likeness (QED) is 0.570. The molecule has 0 radical (unpaired) electrons. The number of carboxylic acids is 2. The molecule has 0 bridgehead atoms. The maximum absolute atomic E-state index is 13.1. The Bertz CT molecular complexity index is 496. The third-order valence-corrected chi connectivity index (χ3v) is 4.25. The van der Waals surface area contributed by atoms with Crippen LogP contribution in [0.15, 0.2) is 12.2 Å². The van der Waals surface area contributed by atoms with E-state index in [4.69, 9.17) is 10.2 Å². The predicted octanol–water partition coefficient (Wildman–Crippen LogP) is 0.550. The van der Waals surface area contributed by atoms with Gasteiger partial charge >= 0.3 is 22.2 Å². The Morgan fingerprint density at radius 3 is 2.18 bits per heavy atom. The second-order valence-electron chi connectivity index (χ2n) is 4.28. The summed E-state index contributed by atoms with van der Waals surface area (Å²) >= 11 is 0. The number of aliphatic carboxylic acids is 2. The van der Waals surface area contributed by atoms with E-state index in [9.17, 15) is 21.9 Å². The van der Waals surface area contributed by atoms with Gasteiger partial charge in [-0.05, 0) is 13.3 Å². The highest BCUT2D eigenvalue weighted by molar-refractivity contribution is 7.88. The zero-order valence-electron chi connectivity index (χ0n) is 8.88. The van der Waals surface area contributed by atoms with E-state index in [0.717, 1.165) is 6.08 Å². The SMILES string of the molecule is CC1(C(=O)O)CC=CC(C(=O)O)(S(=O)(=O)F)C1. The van der Waals surface area contributed by atoms with Gasteiger partial charge in [0.2, 0.25) is 4.75 Å². The maximum atomic E-state index is 13.1. The monoisotopic (exact) mass is 266 g/mol. The van der Waals surface area contributed by atoms with Crippen molar-refractivity contribution in [3.63, 3.8) is 0 Å². The summed E-state index contributed by atoms with van der Waals surface area (Å²) < 4.78 is 32.3. The van der Waals surface area contributed by atoms with Crippen LogP contribution in [0.2, 0.25) is 0 Å². The molecule has 0 spiro atoms. The van der Waals surface area contributed by atoms with Gasteiger partial charge in [0.25, 0.3) is 0 Å². The van der Waals surface area contributed by atoms with Crippen LogP contribution in [-0.4, -0.2) is 35.3 Å². The minimum Gasteiger partial charge on any atom is -0.481 e. The highest BCUT2D eigenvalue weighted by Crippen LogP contribution is 2.42. The third-order valence-electron chi connectivity index (χ3n) is 2.92. The molecule has 96 valence electrons. The molecule has 0 heterocycles. The molecule has 8 heteroatoms. The lowest BCUT2D eigenvalue weighted by Gasteiger charge is -2.34. The molecule has 0 aromatic rings. The van der Waals surface area contributed by atoms with Crippen molar-refractivity contribution < 1.29 is 32.1 Å². The zero-order chi connectivity index (χ0) is 13.5. The highest BCUT2D eigenvalue weighted by Gasteiger charge is 2.57. The Labute approximate surface area is 97.0 Å². The van der Waals surface area contributed by atoms with Crippen LogP contribution in [0.25, 0.3) is 0 Å². The lowest BCUT2D eigenvalue weighted by molar-refractivity contribution is -0.150. The number of halogens is 1. The van der Waals surface area contributed by atoms with E-state index in [-0.39, 0.29) is 6.42 Å². The number of allylic oxidation sites excluding steroid dienone is 1. The van der Waals surface area contributed by atoms with Crippen molar-refractivity contribution in [3.8, 4) is 0 Å². The molecule has 0 aliphatic heterocycles. The number of carbonyl (C=O) groups is 2. The Morgan fingerprint density at radius 2 is 1.82 bits per heavy atom. The van der Waals surface area contributed by atoms with Gasteiger partial charge < -0.3 is 10.2 Å². The van der Waals surface area contributed by atoms with Gasteiger partial charge in [-0.1, -0.05) is 12.2 Å². The standard InChI is InChI=1S/C9H11FO6S/c1-8(6(11)12)3-2-4-9(5-8,7(13)14)17(10,15)16/h2,4H,3,5H2,1H3,(H,11,12)(H,13,14). The van der Waals surface area contributed by atoms with Crippen molar-refractivity contribution in [1.82, 2.24) is 0 Å². The molecule has 0 saturated heterocycles. The van der Waals surface area contributed by atoms with Crippen molar-refractivity contribution in [2.75, 3.05) is 0 Å². The smallest absolute Gasteiger partial charge is 0.331 e. The van der Waals surface area contributed by atoms with Crippen LogP contribution in [0.1, 0.15) is 19.8 Å². The summed E-state index contributed by atoms with van der Waals surface area (Å²) in [6, 6.07) is 0. The molecule has 1 aliphatic carbocycles. The number of hydrogen-bond acceptors (Lipinski definition) is 4. The Hall–Kier alpha value is -1.44. The van der Waals surface area contributed by atoms with Crippen LogP contribution in [0.5, 0.6) is 0 Å². The Kier molecular flexibility index (Phi) is 3.04. The largest absolute Gasteiger partial charge is 0.481 e. The van der Waals surface area contributed by atoms with Gasteiger partial charge in [-0.25, -0.2) is 0 Å². The predicted molar refractivity (Wildman–Crippen MR) is 54.5 cm³/mol. The van der Waals surface area contributed by atoms with Gasteiger partial charge in [-0.3, -0.25) is 9.59 Å². The molecule has 0 aromatic carbocycles. The second-order valence-corrected chi connectivity index (χ2v) is 5.89. The fourth-order valence-corrected chi connectivity index (χ4v) is 2.76. The zero-order valence-corrected chi connectivity index (χ0v) is 9.70. The molecule has 0 saturated carbocycles. The van der Waals surface area contributed by atoms with Crippen molar-refractivity contribution in [1.29, 1.82) is 0 Å². The van der Waals surface area contributed by atoms with Gasteiger partial charge in [-0.2, -0.15) is 8.42 Å². The Balaban J connectivity index is 3.39. The molecule has 17 heavy (non-hydrogen) atoms. The van der Waals surface area contributed by atoms with Crippen molar-refractivity contribution in [2.24, 2.45) is 5.41 Å². The van der Waals surface area contributed by atoms with Crippen LogP contribution in [-0.2, 0) is 19.8 Å². The number of rotatable bonds is 3. The average molecular weight is 266 g/mol. The first-order valence-corrected chi connectivity index (χ1v) is 6.02. The summed E-state index contributed by atoms with van der Waals surface area (Å²) in [5, 5.41) is 17.8. The molecule has 2 atom stereocenters. The number of carboxylic acid groups (broad SMARTS) is 2. The normalized spacial score (nSPS) is 33.3. The fourth-order valence-electron chi connectivity index (χ4n) is 1.80. The molecule has 2 unspecified atom stereocenters. The van der Waals surface area contributed by atoms with E-state index in [1.54, 1.807) is 0 Å². The van der Waals surface area contributed by atoms with Gasteiger partial charge in [-0.15, -0.1) is 3.89 Å². The van der Waals surface area contributed by atoms with E-state index in [1.807, 2.05) is 0 Å². The lowest BCUT2D eigenvalue weighted by Crippen LogP contribution is -2.50. The minimum absolute atomic E-state index is 0.0487. The Morgan fingerprint density at radius 1 is 1.29 bits per heavy atom. The molecule has 1 rings (SSSR count).